The van der Waals surface area contributed by atoms with E-state index in [0.29, 0.717) is 27.7 Å². The Morgan fingerprint density at radius 1 is 0.833 bits per heavy atom. The number of H-pyrrole nitrogens is 1. The highest BCUT2D eigenvalue weighted by Crippen LogP contribution is 2.36. The highest BCUT2D eigenvalue weighted by Gasteiger charge is 2.22. The molecule has 0 aliphatic carbocycles. The molecule has 4 aromatic carbocycles. The minimum Gasteiger partial charge on any atom is -0.288 e. The van der Waals surface area contributed by atoms with Crippen molar-refractivity contribution in [2.45, 2.75) is 0 Å². The summed E-state index contributed by atoms with van der Waals surface area (Å²) >= 11 is 0. The van der Waals surface area contributed by atoms with Gasteiger partial charge in [-0.2, -0.15) is 9.78 Å². The molecule has 0 bridgehead atoms. The topological polar surface area (TPSA) is 73.9 Å². The maximum atomic E-state index is 15.0. The Kier molecular flexibility index (Phi) is 4.94. The molecule has 0 aliphatic heterocycles. The van der Waals surface area contributed by atoms with E-state index < -0.39 is 11.6 Å². The second-order valence-electron chi connectivity index (χ2n) is 8.35. The average Bonchev–Trinajstić information content (AvgIpc) is 3.28. The maximum absolute atomic E-state index is 15.0. The summed E-state index contributed by atoms with van der Waals surface area (Å²) in [6, 6.07) is 27.0. The van der Waals surface area contributed by atoms with Gasteiger partial charge < -0.3 is 0 Å². The number of benzene rings is 4. The van der Waals surface area contributed by atoms with E-state index in [-0.39, 0.29) is 16.8 Å². The molecule has 172 valence electrons. The van der Waals surface area contributed by atoms with Gasteiger partial charge in [0.05, 0.1) is 33.8 Å². The first-order valence-corrected chi connectivity index (χ1v) is 11.1. The summed E-state index contributed by atoms with van der Waals surface area (Å²) in [6.07, 6.45) is 0. The summed E-state index contributed by atoms with van der Waals surface area (Å²) in [7, 11) is 0. The van der Waals surface area contributed by atoms with E-state index in [0.717, 1.165) is 22.8 Å². The molecular formula is C29H16F2N4O. The minimum atomic E-state index is -0.755. The van der Waals surface area contributed by atoms with Crippen molar-refractivity contribution in [3.05, 3.63) is 119 Å². The van der Waals surface area contributed by atoms with Crippen LogP contribution in [0.4, 0.5) is 8.78 Å². The second kappa shape index (κ2) is 8.29. The molecule has 0 atom stereocenters. The first-order chi connectivity index (χ1) is 17.5. The van der Waals surface area contributed by atoms with Crippen molar-refractivity contribution < 1.29 is 8.78 Å². The Morgan fingerprint density at radius 2 is 1.58 bits per heavy atom. The van der Waals surface area contributed by atoms with Crippen molar-refractivity contribution in [2.75, 3.05) is 0 Å². The summed E-state index contributed by atoms with van der Waals surface area (Å²) < 4.78 is 30.0. The van der Waals surface area contributed by atoms with Gasteiger partial charge in [0.15, 0.2) is 5.65 Å². The number of rotatable bonds is 3. The number of nitrogens with one attached hydrogen (secondary N) is 1. The molecule has 0 aliphatic rings. The number of hydrogen-bond acceptors (Lipinski definition) is 3. The molecule has 6 rings (SSSR count). The first kappa shape index (κ1) is 21.4. The lowest BCUT2D eigenvalue weighted by atomic mass is 10.00. The Hall–Kier alpha value is -5.09. The maximum Gasteiger partial charge on any atom is 0.280 e. The molecule has 0 spiro atoms. The van der Waals surface area contributed by atoms with E-state index >= 15 is 4.39 Å². The van der Waals surface area contributed by atoms with Crippen LogP contribution in [0.5, 0.6) is 0 Å². The third-order valence-corrected chi connectivity index (χ3v) is 6.18. The van der Waals surface area contributed by atoms with Gasteiger partial charge in [-0.15, -0.1) is 0 Å². The van der Waals surface area contributed by atoms with Gasteiger partial charge in [-0.05, 0) is 47.5 Å². The van der Waals surface area contributed by atoms with Crippen molar-refractivity contribution in [1.29, 1.82) is 5.26 Å². The van der Waals surface area contributed by atoms with Gasteiger partial charge in [-0.25, -0.2) is 13.8 Å². The summed E-state index contributed by atoms with van der Waals surface area (Å²) in [4.78, 5) is 18.3. The molecule has 0 radical (unpaired) electrons. The molecule has 6 aromatic rings. The summed E-state index contributed by atoms with van der Waals surface area (Å²) in [6.45, 7) is 0. The normalized spacial score (nSPS) is 11.1. The SMILES string of the molecule is N#Cc1ccc(-c2ccc3c(=O)n4[nH]c(-c5ccccc5)c(-c5ccc(F)cc5F)c4nc3c2)cc1. The number of nitriles is 1. The molecule has 7 heteroatoms. The van der Waals surface area contributed by atoms with E-state index in [4.69, 9.17) is 10.2 Å². The fourth-order valence-electron chi connectivity index (χ4n) is 4.41. The monoisotopic (exact) mass is 474 g/mol. The predicted molar refractivity (Wildman–Crippen MR) is 134 cm³/mol. The van der Waals surface area contributed by atoms with Gasteiger partial charge in [-0.1, -0.05) is 48.5 Å². The number of aromatic nitrogens is 3. The van der Waals surface area contributed by atoms with Gasteiger partial charge in [0, 0.05) is 17.2 Å². The van der Waals surface area contributed by atoms with Gasteiger partial charge in [0.2, 0.25) is 0 Å². The van der Waals surface area contributed by atoms with Crippen LogP contribution in [-0.2, 0) is 0 Å². The lowest BCUT2D eigenvalue weighted by molar-refractivity contribution is 0.585. The Labute approximate surface area is 203 Å². The zero-order valence-electron chi connectivity index (χ0n) is 18.7. The van der Waals surface area contributed by atoms with E-state index in [1.165, 1.54) is 16.6 Å². The highest BCUT2D eigenvalue weighted by molar-refractivity contribution is 5.94. The average molecular weight is 474 g/mol. The highest BCUT2D eigenvalue weighted by atomic mass is 19.1. The van der Waals surface area contributed by atoms with Crippen LogP contribution in [-0.4, -0.2) is 14.6 Å². The summed E-state index contributed by atoms with van der Waals surface area (Å²) in [5.74, 6) is -1.45. The van der Waals surface area contributed by atoms with Gasteiger partial charge in [0.25, 0.3) is 5.56 Å². The molecule has 2 heterocycles. The van der Waals surface area contributed by atoms with Gasteiger partial charge in [-0.3, -0.25) is 9.89 Å². The molecule has 1 N–H and O–H groups in total. The molecule has 5 nitrogen and oxygen atoms in total. The molecule has 0 unspecified atom stereocenters. The Balaban J connectivity index is 1.66. The van der Waals surface area contributed by atoms with Crippen LogP contribution < -0.4 is 5.56 Å². The Bertz CT molecular complexity index is 1880. The van der Waals surface area contributed by atoms with Crippen LogP contribution in [0, 0.1) is 23.0 Å². The van der Waals surface area contributed by atoms with Crippen LogP contribution in [0.1, 0.15) is 5.56 Å². The number of nitrogens with zero attached hydrogens (tertiary/aromatic N) is 3. The van der Waals surface area contributed by atoms with Crippen molar-refractivity contribution >= 4 is 16.6 Å². The smallest absolute Gasteiger partial charge is 0.280 e. The molecule has 36 heavy (non-hydrogen) atoms. The van der Waals surface area contributed by atoms with Crippen LogP contribution in [0.25, 0.3) is 50.1 Å². The fourth-order valence-corrected chi connectivity index (χ4v) is 4.41. The molecular weight excluding hydrogens is 458 g/mol. The molecule has 0 amide bonds. The number of aromatic amines is 1. The number of fused-ring (bicyclic) bond motifs is 2. The van der Waals surface area contributed by atoms with Crippen molar-refractivity contribution in [3.8, 4) is 39.6 Å². The standard InChI is InChI=1S/C29H16F2N4O/c30-21-11-13-22(24(31)15-21)26-27(19-4-2-1-3-5-19)34-35-28(26)33-25-14-20(10-12-23(25)29(35)36)18-8-6-17(16-32)7-9-18/h1-15,34H. The zero-order chi connectivity index (χ0) is 24.8. The third kappa shape index (κ3) is 3.44. The van der Waals surface area contributed by atoms with Crippen LogP contribution in [0.15, 0.2) is 95.8 Å². The third-order valence-electron chi connectivity index (χ3n) is 6.18. The largest absolute Gasteiger partial charge is 0.288 e. The Morgan fingerprint density at radius 3 is 2.31 bits per heavy atom. The summed E-state index contributed by atoms with van der Waals surface area (Å²) in [5, 5.41) is 12.5. The van der Waals surface area contributed by atoms with E-state index in [9.17, 15) is 9.18 Å². The van der Waals surface area contributed by atoms with Crippen molar-refractivity contribution in [1.82, 2.24) is 14.6 Å². The van der Waals surface area contributed by atoms with Crippen molar-refractivity contribution in [3.63, 3.8) is 0 Å². The van der Waals surface area contributed by atoms with Crippen LogP contribution in [0.2, 0.25) is 0 Å². The number of halogens is 2. The van der Waals surface area contributed by atoms with Crippen LogP contribution in [0.3, 0.4) is 0 Å². The van der Waals surface area contributed by atoms with Gasteiger partial charge in [0.1, 0.15) is 11.6 Å². The fraction of sp³-hybridized carbons (Fsp3) is 0. The summed E-state index contributed by atoms with van der Waals surface area (Å²) in [5.41, 5.74) is 4.26. The lowest BCUT2D eigenvalue weighted by Gasteiger charge is -2.07. The molecule has 0 fully saturated rings. The van der Waals surface area contributed by atoms with Crippen molar-refractivity contribution in [2.24, 2.45) is 0 Å². The first-order valence-electron chi connectivity index (χ1n) is 11.1. The van der Waals surface area contributed by atoms with Crippen LogP contribution >= 0.6 is 0 Å². The zero-order valence-corrected chi connectivity index (χ0v) is 18.7. The number of hydrogen-bond donors (Lipinski definition) is 1. The van der Waals surface area contributed by atoms with E-state index in [1.54, 1.807) is 24.3 Å². The predicted octanol–water partition coefficient (Wildman–Crippen LogP) is 6.33. The quantitative estimate of drug-likeness (QED) is 0.326. The molecule has 2 aromatic heterocycles. The molecule has 0 saturated carbocycles. The van der Waals surface area contributed by atoms with E-state index in [2.05, 4.69) is 11.2 Å². The van der Waals surface area contributed by atoms with Gasteiger partial charge >= 0.3 is 0 Å². The minimum absolute atomic E-state index is 0.128. The van der Waals surface area contributed by atoms with E-state index in [1.807, 2.05) is 48.5 Å². The molecule has 0 saturated heterocycles. The second-order valence-corrected chi connectivity index (χ2v) is 8.35. The lowest BCUT2D eigenvalue weighted by Crippen LogP contribution is -2.15.